The number of aliphatic imine (C=N–C) groups is 1. The molecule has 1 aliphatic heterocycles. The van der Waals surface area contributed by atoms with Gasteiger partial charge in [0.2, 0.25) is 5.90 Å². The van der Waals surface area contributed by atoms with Crippen LogP contribution in [0.1, 0.15) is 29.5 Å². The highest BCUT2D eigenvalue weighted by molar-refractivity contribution is 6.00. The standard InChI is InChI=1S/C30H32FN3O4/c31-26-11-4-9-24(21-26)16-18-32-34-29(36)30(17-5-10-23-7-2-1-3-8-23)22-38-28(33-30)25-12-14-27(15-13-25)37-20-6-19-35/h1-5,7-15,21,32,35H,6,16-20,22H2,(H,34,36)/b10-5+/t30-/m0/s1. The van der Waals surface area contributed by atoms with Crippen molar-refractivity contribution in [2.75, 3.05) is 26.4 Å². The quantitative estimate of drug-likeness (QED) is 0.235. The molecule has 0 aliphatic carbocycles. The van der Waals surface area contributed by atoms with E-state index in [2.05, 4.69) is 10.9 Å². The minimum absolute atomic E-state index is 0.0747. The van der Waals surface area contributed by atoms with Gasteiger partial charge in [0.1, 0.15) is 18.2 Å². The SMILES string of the molecule is O=C(NNCCc1cccc(F)c1)[C@]1(C/C=C/c2ccccc2)COC(c2ccc(OCCCO)cc2)=N1. The Hall–Kier alpha value is -4.01. The first-order valence-corrected chi connectivity index (χ1v) is 12.6. The molecule has 1 atom stereocenters. The van der Waals surface area contributed by atoms with Gasteiger partial charge >= 0.3 is 0 Å². The molecule has 0 fully saturated rings. The Morgan fingerprint density at radius 1 is 1.11 bits per heavy atom. The van der Waals surface area contributed by atoms with Crippen LogP contribution in [0.15, 0.2) is 89.9 Å². The first kappa shape index (κ1) is 27.0. The summed E-state index contributed by atoms with van der Waals surface area (Å²) in [6, 6.07) is 23.5. The summed E-state index contributed by atoms with van der Waals surface area (Å²) in [6.45, 7) is 1.02. The number of aliphatic hydroxyl groups excluding tert-OH is 1. The van der Waals surface area contributed by atoms with E-state index in [4.69, 9.17) is 19.6 Å². The number of ether oxygens (including phenoxy) is 2. The zero-order valence-corrected chi connectivity index (χ0v) is 21.1. The number of amides is 1. The van der Waals surface area contributed by atoms with Gasteiger partial charge in [0.05, 0.1) is 6.61 Å². The number of nitrogens with zero attached hydrogens (tertiary/aromatic N) is 1. The van der Waals surface area contributed by atoms with Crippen LogP contribution < -0.4 is 15.6 Å². The lowest BCUT2D eigenvalue weighted by atomic mass is 9.95. The number of hydrogen-bond donors (Lipinski definition) is 3. The van der Waals surface area contributed by atoms with E-state index in [1.165, 1.54) is 12.1 Å². The van der Waals surface area contributed by atoms with Crippen molar-refractivity contribution in [1.82, 2.24) is 10.9 Å². The minimum atomic E-state index is -1.15. The Morgan fingerprint density at radius 2 is 1.92 bits per heavy atom. The minimum Gasteiger partial charge on any atom is -0.494 e. The summed E-state index contributed by atoms with van der Waals surface area (Å²) in [4.78, 5) is 18.1. The Bertz CT molecular complexity index is 1250. The average molecular weight is 518 g/mol. The maximum atomic E-state index is 13.4. The summed E-state index contributed by atoms with van der Waals surface area (Å²) in [5.41, 5.74) is 7.15. The average Bonchev–Trinajstić information content (AvgIpc) is 3.38. The van der Waals surface area contributed by atoms with E-state index in [1.54, 1.807) is 6.07 Å². The van der Waals surface area contributed by atoms with Crippen LogP contribution in [0.5, 0.6) is 5.75 Å². The molecule has 0 spiro atoms. The third-order valence-corrected chi connectivity index (χ3v) is 6.05. The lowest BCUT2D eigenvalue weighted by molar-refractivity contribution is -0.127. The summed E-state index contributed by atoms with van der Waals surface area (Å²) >= 11 is 0. The highest BCUT2D eigenvalue weighted by atomic mass is 19.1. The number of benzene rings is 3. The number of aliphatic hydroxyl groups is 1. The van der Waals surface area contributed by atoms with Gasteiger partial charge in [0.25, 0.3) is 5.91 Å². The van der Waals surface area contributed by atoms with Crippen molar-refractivity contribution in [3.05, 3.63) is 107 Å². The second kappa shape index (κ2) is 13.5. The smallest absolute Gasteiger partial charge is 0.266 e. The number of hydrazine groups is 1. The van der Waals surface area contributed by atoms with E-state index < -0.39 is 5.54 Å². The van der Waals surface area contributed by atoms with E-state index in [-0.39, 0.29) is 24.9 Å². The fourth-order valence-electron chi connectivity index (χ4n) is 3.97. The summed E-state index contributed by atoms with van der Waals surface area (Å²) in [5, 5.41) is 8.91. The number of rotatable bonds is 13. The first-order chi connectivity index (χ1) is 18.6. The van der Waals surface area contributed by atoms with Crippen molar-refractivity contribution >= 4 is 17.9 Å². The maximum Gasteiger partial charge on any atom is 0.266 e. The van der Waals surface area contributed by atoms with E-state index in [9.17, 15) is 9.18 Å². The lowest BCUT2D eigenvalue weighted by Gasteiger charge is -2.22. The molecule has 1 aliphatic rings. The van der Waals surface area contributed by atoms with Crippen LogP contribution in [0.4, 0.5) is 4.39 Å². The molecular weight excluding hydrogens is 485 g/mol. The van der Waals surface area contributed by atoms with Gasteiger partial charge in [-0.3, -0.25) is 10.2 Å². The predicted molar refractivity (Wildman–Crippen MR) is 145 cm³/mol. The molecule has 0 bridgehead atoms. The summed E-state index contributed by atoms with van der Waals surface area (Å²) in [5.74, 6) is 0.465. The Kier molecular flexibility index (Phi) is 9.61. The number of hydrogen-bond acceptors (Lipinski definition) is 6. The summed E-state index contributed by atoms with van der Waals surface area (Å²) < 4.78 is 24.9. The second-order valence-electron chi connectivity index (χ2n) is 8.97. The fourth-order valence-corrected chi connectivity index (χ4v) is 3.97. The molecule has 0 saturated carbocycles. The molecule has 1 heterocycles. The van der Waals surface area contributed by atoms with Crippen LogP contribution in [-0.4, -0.2) is 48.8 Å². The van der Waals surface area contributed by atoms with Gasteiger partial charge in [0.15, 0.2) is 5.54 Å². The Labute approximate surface area is 222 Å². The van der Waals surface area contributed by atoms with Crippen LogP contribution in [0.2, 0.25) is 0 Å². The van der Waals surface area contributed by atoms with Crippen molar-refractivity contribution in [2.24, 2.45) is 4.99 Å². The molecule has 198 valence electrons. The molecule has 3 N–H and O–H groups in total. The largest absolute Gasteiger partial charge is 0.494 e. The molecule has 4 rings (SSSR count). The van der Waals surface area contributed by atoms with E-state index in [0.29, 0.717) is 44.1 Å². The summed E-state index contributed by atoms with van der Waals surface area (Å²) in [6.07, 6.45) is 5.33. The molecular formula is C30H32FN3O4. The summed E-state index contributed by atoms with van der Waals surface area (Å²) in [7, 11) is 0. The van der Waals surface area contributed by atoms with Gasteiger partial charge in [-0.15, -0.1) is 0 Å². The van der Waals surface area contributed by atoms with Gasteiger partial charge < -0.3 is 14.6 Å². The van der Waals surface area contributed by atoms with E-state index in [0.717, 1.165) is 16.7 Å². The van der Waals surface area contributed by atoms with Gasteiger partial charge in [0, 0.05) is 31.6 Å². The Morgan fingerprint density at radius 3 is 2.68 bits per heavy atom. The number of nitrogens with one attached hydrogen (secondary N) is 2. The highest BCUT2D eigenvalue weighted by Gasteiger charge is 2.43. The van der Waals surface area contributed by atoms with Gasteiger partial charge in [-0.25, -0.2) is 14.8 Å². The zero-order valence-electron chi connectivity index (χ0n) is 21.1. The highest BCUT2D eigenvalue weighted by Crippen LogP contribution is 2.27. The van der Waals surface area contributed by atoms with Gasteiger partial charge in [-0.05, 0) is 53.9 Å². The molecule has 8 heteroatoms. The molecule has 0 aromatic heterocycles. The maximum absolute atomic E-state index is 13.4. The molecule has 7 nitrogen and oxygen atoms in total. The molecule has 0 radical (unpaired) electrons. The molecule has 38 heavy (non-hydrogen) atoms. The third kappa shape index (κ3) is 7.50. The van der Waals surface area contributed by atoms with Crippen LogP contribution in [0.25, 0.3) is 6.08 Å². The molecule has 0 unspecified atom stereocenters. The van der Waals surface area contributed by atoms with Gasteiger partial charge in [-0.1, -0.05) is 54.6 Å². The Balaban J connectivity index is 1.44. The predicted octanol–water partition coefficient (Wildman–Crippen LogP) is 4.07. The molecule has 1 amide bonds. The van der Waals surface area contributed by atoms with Crippen LogP contribution in [0.3, 0.4) is 0 Å². The van der Waals surface area contributed by atoms with Crippen molar-refractivity contribution in [3.63, 3.8) is 0 Å². The monoisotopic (exact) mass is 517 g/mol. The fraction of sp³-hybridized carbons (Fsp3) is 0.267. The van der Waals surface area contributed by atoms with Crippen molar-refractivity contribution < 1.29 is 23.8 Å². The van der Waals surface area contributed by atoms with Gasteiger partial charge in [-0.2, -0.15) is 0 Å². The number of carbonyl (C=O) groups excluding carboxylic acids is 1. The van der Waals surface area contributed by atoms with Crippen molar-refractivity contribution in [3.8, 4) is 5.75 Å². The molecule has 3 aromatic carbocycles. The number of halogens is 1. The first-order valence-electron chi connectivity index (χ1n) is 12.6. The topological polar surface area (TPSA) is 92.2 Å². The van der Waals surface area contributed by atoms with Crippen LogP contribution in [-0.2, 0) is 16.0 Å². The third-order valence-electron chi connectivity index (χ3n) is 6.05. The normalized spacial score (nSPS) is 16.7. The number of carbonyl (C=O) groups is 1. The van der Waals surface area contributed by atoms with Crippen molar-refractivity contribution in [2.45, 2.75) is 24.8 Å². The van der Waals surface area contributed by atoms with Crippen molar-refractivity contribution in [1.29, 1.82) is 0 Å². The van der Waals surface area contributed by atoms with E-state index in [1.807, 2.05) is 72.8 Å². The molecule has 3 aromatic rings. The second-order valence-corrected chi connectivity index (χ2v) is 8.97. The lowest BCUT2D eigenvalue weighted by Crippen LogP contribution is -2.51. The zero-order chi connectivity index (χ0) is 26.6. The molecule has 0 saturated heterocycles. The van der Waals surface area contributed by atoms with Crippen LogP contribution in [0, 0.1) is 5.82 Å². The van der Waals surface area contributed by atoms with Crippen LogP contribution >= 0.6 is 0 Å². The van der Waals surface area contributed by atoms with E-state index >= 15 is 0 Å².